The van der Waals surface area contributed by atoms with E-state index in [1.54, 1.807) is 12.1 Å². The molecule has 4 rings (SSSR count). The summed E-state index contributed by atoms with van der Waals surface area (Å²) >= 11 is 0. The lowest BCUT2D eigenvalue weighted by molar-refractivity contribution is -0.136. The third-order valence-electron chi connectivity index (χ3n) is 4.26. The van der Waals surface area contributed by atoms with Gasteiger partial charge in [0.1, 0.15) is 5.52 Å². The van der Waals surface area contributed by atoms with Gasteiger partial charge in [-0.25, -0.2) is 0 Å². The number of aromatic nitrogens is 1. The average Bonchev–Trinajstić information content (AvgIpc) is 3.11. The van der Waals surface area contributed by atoms with Gasteiger partial charge in [-0.3, -0.25) is 4.79 Å². The standard InChI is InChI=1S/C21H13F3N2O2/c22-21(23,24)16-8-4-5-9-18(16)25-20(27)14-10-11-17-15(12-14)19(28-26-17)13-6-2-1-3-7-13/h1-12H,(H,25,27). The Labute approximate surface area is 157 Å². The smallest absolute Gasteiger partial charge is 0.355 e. The number of carbonyl (C=O) groups excluding carboxylic acids is 1. The molecule has 0 aliphatic heterocycles. The van der Waals surface area contributed by atoms with E-state index in [0.29, 0.717) is 16.7 Å². The Bertz CT molecular complexity index is 1150. The fourth-order valence-electron chi connectivity index (χ4n) is 2.91. The number of hydrogen-bond acceptors (Lipinski definition) is 3. The zero-order valence-corrected chi connectivity index (χ0v) is 14.3. The predicted octanol–water partition coefficient (Wildman–Crippen LogP) is 5.77. The van der Waals surface area contributed by atoms with E-state index < -0.39 is 17.6 Å². The monoisotopic (exact) mass is 382 g/mol. The first-order valence-electron chi connectivity index (χ1n) is 8.36. The van der Waals surface area contributed by atoms with Gasteiger partial charge in [0.2, 0.25) is 0 Å². The fourth-order valence-corrected chi connectivity index (χ4v) is 2.91. The lowest BCUT2D eigenvalue weighted by Crippen LogP contribution is -2.16. The maximum atomic E-state index is 13.1. The van der Waals surface area contributed by atoms with Crippen molar-refractivity contribution in [1.82, 2.24) is 5.16 Å². The van der Waals surface area contributed by atoms with Crippen LogP contribution in [-0.2, 0) is 6.18 Å². The van der Waals surface area contributed by atoms with Crippen molar-refractivity contribution in [3.8, 4) is 11.3 Å². The SMILES string of the molecule is O=C(Nc1ccccc1C(F)(F)F)c1ccc2noc(-c3ccccc3)c2c1. The lowest BCUT2D eigenvalue weighted by Gasteiger charge is -2.13. The Morgan fingerprint density at radius 1 is 0.929 bits per heavy atom. The van der Waals surface area contributed by atoms with Crippen molar-refractivity contribution in [1.29, 1.82) is 0 Å². The van der Waals surface area contributed by atoms with E-state index in [-0.39, 0.29) is 11.3 Å². The topological polar surface area (TPSA) is 55.1 Å². The second kappa shape index (κ2) is 6.84. The highest BCUT2D eigenvalue weighted by atomic mass is 19.4. The molecule has 0 spiro atoms. The number of carbonyl (C=O) groups is 1. The van der Waals surface area contributed by atoms with E-state index >= 15 is 0 Å². The number of fused-ring (bicyclic) bond motifs is 1. The molecule has 3 aromatic carbocycles. The van der Waals surface area contributed by atoms with Gasteiger partial charge in [-0.15, -0.1) is 0 Å². The van der Waals surface area contributed by atoms with Crippen LogP contribution in [0.4, 0.5) is 18.9 Å². The van der Waals surface area contributed by atoms with Crippen molar-refractivity contribution >= 4 is 22.5 Å². The Balaban J connectivity index is 1.70. The number of alkyl halides is 3. The van der Waals surface area contributed by atoms with Crippen LogP contribution in [-0.4, -0.2) is 11.1 Å². The van der Waals surface area contributed by atoms with Gasteiger partial charge in [0.05, 0.1) is 16.6 Å². The Kier molecular flexibility index (Phi) is 4.35. The molecule has 4 nitrogen and oxygen atoms in total. The molecule has 1 amide bonds. The van der Waals surface area contributed by atoms with Crippen molar-refractivity contribution in [3.05, 3.63) is 83.9 Å². The van der Waals surface area contributed by atoms with Crippen LogP contribution in [0.3, 0.4) is 0 Å². The summed E-state index contributed by atoms with van der Waals surface area (Å²) in [6.07, 6.45) is -4.57. The molecule has 140 valence electrons. The van der Waals surface area contributed by atoms with Gasteiger partial charge in [-0.05, 0) is 30.3 Å². The molecule has 0 radical (unpaired) electrons. The molecule has 1 N–H and O–H groups in total. The van der Waals surface area contributed by atoms with Gasteiger partial charge < -0.3 is 9.84 Å². The number of para-hydroxylation sites is 1. The number of nitrogens with one attached hydrogen (secondary N) is 1. The van der Waals surface area contributed by atoms with Crippen LogP contribution in [0.2, 0.25) is 0 Å². The molecule has 0 bridgehead atoms. The van der Waals surface area contributed by atoms with Crippen molar-refractivity contribution in [3.63, 3.8) is 0 Å². The van der Waals surface area contributed by atoms with E-state index in [1.807, 2.05) is 30.3 Å². The van der Waals surface area contributed by atoms with Crippen molar-refractivity contribution < 1.29 is 22.5 Å². The molecule has 0 aliphatic carbocycles. The summed E-state index contributed by atoms with van der Waals surface area (Å²) in [6.45, 7) is 0. The maximum Gasteiger partial charge on any atom is 0.418 e. The molecule has 0 saturated carbocycles. The van der Waals surface area contributed by atoms with E-state index in [0.717, 1.165) is 11.6 Å². The molecule has 4 aromatic rings. The molecule has 0 saturated heterocycles. The number of amides is 1. The summed E-state index contributed by atoms with van der Waals surface area (Å²) in [7, 11) is 0. The van der Waals surface area contributed by atoms with Crippen LogP contribution in [0, 0.1) is 0 Å². The summed E-state index contributed by atoms with van der Waals surface area (Å²) in [5.41, 5.74) is 0.328. The number of benzene rings is 3. The van der Waals surface area contributed by atoms with Crippen LogP contribution in [0.1, 0.15) is 15.9 Å². The minimum Gasteiger partial charge on any atom is -0.355 e. The second-order valence-corrected chi connectivity index (χ2v) is 6.11. The molecule has 0 fully saturated rings. The summed E-state index contributed by atoms with van der Waals surface area (Å²) in [5, 5.41) is 6.91. The van der Waals surface area contributed by atoms with Crippen molar-refractivity contribution in [2.45, 2.75) is 6.18 Å². The van der Waals surface area contributed by atoms with Crippen molar-refractivity contribution in [2.24, 2.45) is 0 Å². The number of nitrogens with zero attached hydrogens (tertiary/aromatic N) is 1. The van der Waals surface area contributed by atoms with Gasteiger partial charge in [0.25, 0.3) is 5.91 Å². The van der Waals surface area contributed by atoms with E-state index in [2.05, 4.69) is 10.5 Å². The zero-order valence-electron chi connectivity index (χ0n) is 14.3. The Morgan fingerprint density at radius 2 is 1.64 bits per heavy atom. The molecular formula is C21H13F3N2O2. The highest BCUT2D eigenvalue weighted by Gasteiger charge is 2.33. The summed E-state index contributed by atoms with van der Waals surface area (Å²) in [5.74, 6) is -0.167. The van der Waals surface area contributed by atoms with Gasteiger partial charge >= 0.3 is 6.18 Å². The molecule has 0 atom stereocenters. The predicted molar refractivity (Wildman–Crippen MR) is 98.8 cm³/mol. The Hall–Kier alpha value is -3.61. The third-order valence-corrected chi connectivity index (χ3v) is 4.26. The molecule has 7 heteroatoms. The summed E-state index contributed by atoms with van der Waals surface area (Å²) < 4.78 is 44.8. The number of rotatable bonds is 3. The minimum atomic E-state index is -4.57. The van der Waals surface area contributed by atoms with Crippen molar-refractivity contribution in [2.75, 3.05) is 5.32 Å². The van der Waals surface area contributed by atoms with E-state index in [9.17, 15) is 18.0 Å². The van der Waals surface area contributed by atoms with Crippen LogP contribution < -0.4 is 5.32 Å². The number of hydrogen-bond donors (Lipinski definition) is 1. The average molecular weight is 382 g/mol. The maximum absolute atomic E-state index is 13.1. The lowest BCUT2D eigenvalue weighted by atomic mass is 10.1. The van der Waals surface area contributed by atoms with Gasteiger partial charge in [-0.2, -0.15) is 13.2 Å². The van der Waals surface area contributed by atoms with Gasteiger partial charge in [0, 0.05) is 11.1 Å². The Morgan fingerprint density at radius 3 is 2.39 bits per heavy atom. The first-order valence-corrected chi connectivity index (χ1v) is 8.36. The summed E-state index contributed by atoms with van der Waals surface area (Å²) in [4.78, 5) is 12.6. The second-order valence-electron chi connectivity index (χ2n) is 6.11. The van der Waals surface area contributed by atoms with Crippen LogP contribution in [0.15, 0.2) is 77.3 Å². The van der Waals surface area contributed by atoms with E-state index in [4.69, 9.17) is 4.52 Å². The highest BCUT2D eigenvalue weighted by molar-refractivity contribution is 6.07. The van der Waals surface area contributed by atoms with E-state index in [1.165, 1.54) is 24.3 Å². The molecule has 28 heavy (non-hydrogen) atoms. The summed E-state index contributed by atoms with van der Waals surface area (Å²) in [6, 6.07) is 18.7. The van der Waals surface area contributed by atoms with Crippen LogP contribution in [0.25, 0.3) is 22.2 Å². The number of halogens is 3. The minimum absolute atomic E-state index is 0.199. The van der Waals surface area contributed by atoms with Crippen LogP contribution >= 0.6 is 0 Å². The third kappa shape index (κ3) is 3.34. The first kappa shape index (κ1) is 17.8. The normalized spacial score (nSPS) is 11.5. The zero-order chi connectivity index (χ0) is 19.7. The molecule has 0 unspecified atom stereocenters. The largest absolute Gasteiger partial charge is 0.418 e. The van der Waals surface area contributed by atoms with Gasteiger partial charge in [0.15, 0.2) is 5.76 Å². The highest BCUT2D eigenvalue weighted by Crippen LogP contribution is 2.35. The molecule has 1 aromatic heterocycles. The first-order chi connectivity index (χ1) is 13.4. The molecule has 1 heterocycles. The van der Waals surface area contributed by atoms with Gasteiger partial charge in [-0.1, -0.05) is 47.6 Å². The molecule has 0 aliphatic rings. The quantitative estimate of drug-likeness (QED) is 0.490. The molecular weight excluding hydrogens is 369 g/mol. The fraction of sp³-hybridized carbons (Fsp3) is 0.0476. The van der Waals surface area contributed by atoms with Crippen LogP contribution in [0.5, 0.6) is 0 Å². The number of anilines is 1.